The Morgan fingerprint density at radius 1 is 1.05 bits per heavy atom. The molecule has 0 saturated heterocycles. The van der Waals surface area contributed by atoms with Crippen molar-refractivity contribution in [3.05, 3.63) is 77.9 Å². The molecule has 1 amide bonds. The van der Waals surface area contributed by atoms with E-state index in [-0.39, 0.29) is 5.91 Å². The Morgan fingerprint density at radius 3 is 2.37 bits per heavy atom. The SMILES string of the molecule is CC=CCc1ccc(NC(=O)c2ccccc2)cc1. The Balaban J connectivity index is 2.02. The highest BCUT2D eigenvalue weighted by Crippen LogP contribution is 2.12. The van der Waals surface area contributed by atoms with Gasteiger partial charge in [0, 0.05) is 11.3 Å². The monoisotopic (exact) mass is 251 g/mol. The zero-order valence-electron chi connectivity index (χ0n) is 11.0. The standard InChI is InChI=1S/C17H17NO/c1-2-3-7-14-10-12-16(13-11-14)18-17(19)15-8-5-4-6-9-15/h2-6,8-13H,7H2,1H3,(H,18,19). The van der Waals surface area contributed by atoms with E-state index in [4.69, 9.17) is 0 Å². The number of allylic oxidation sites excluding steroid dienone is 2. The Kier molecular flexibility index (Phi) is 4.51. The van der Waals surface area contributed by atoms with Gasteiger partial charge in [0.15, 0.2) is 0 Å². The zero-order valence-corrected chi connectivity index (χ0v) is 11.0. The lowest BCUT2D eigenvalue weighted by molar-refractivity contribution is 0.102. The van der Waals surface area contributed by atoms with Crippen molar-refractivity contribution in [3.63, 3.8) is 0 Å². The minimum Gasteiger partial charge on any atom is -0.322 e. The molecule has 2 aromatic carbocycles. The van der Waals surface area contributed by atoms with Gasteiger partial charge in [-0.25, -0.2) is 0 Å². The molecule has 2 nitrogen and oxygen atoms in total. The van der Waals surface area contributed by atoms with Crippen molar-refractivity contribution in [2.45, 2.75) is 13.3 Å². The number of benzene rings is 2. The molecule has 0 atom stereocenters. The predicted molar refractivity (Wildman–Crippen MR) is 79.4 cm³/mol. The number of carbonyl (C=O) groups is 1. The Hall–Kier alpha value is -2.35. The summed E-state index contributed by atoms with van der Waals surface area (Å²) in [5, 5.41) is 2.88. The third kappa shape index (κ3) is 3.81. The fraction of sp³-hybridized carbons (Fsp3) is 0.118. The number of anilines is 1. The third-order valence-electron chi connectivity index (χ3n) is 2.84. The van der Waals surface area contributed by atoms with Crippen LogP contribution in [0.15, 0.2) is 66.7 Å². The fourth-order valence-corrected chi connectivity index (χ4v) is 1.77. The van der Waals surface area contributed by atoms with Crippen molar-refractivity contribution in [1.82, 2.24) is 0 Å². The van der Waals surface area contributed by atoms with Gasteiger partial charge in [-0.15, -0.1) is 0 Å². The van der Waals surface area contributed by atoms with E-state index >= 15 is 0 Å². The molecule has 2 aromatic rings. The Labute approximate surface area is 113 Å². The molecule has 0 unspecified atom stereocenters. The maximum Gasteiger partial charge on any atom is 0.255 e. The second-order valence-electron chi connectivity index (χ2n) is 4.29. The third-order valence-corrected chi connectivity index (χ3v) is 2.84. The molecule has 0 saturated carbocycles. The Morgan fingerprint density at radius 2 is 1.74 bits per heavy atom. The maximum absolute atomic E-state index is 11.9. The summed E-state index contributed by atoms with van der Waals surface area (Å²) in [6.45, 7) is 2.01. The van der Waals surface area contributed by atoms with Crippen LogP contribution in [0.5, 0.6) is 0 Å². The van der Waals surface area contributed by atoms with E-state index in [2.05, 4.69) is 11.4 Å². The normalized spacial score (nSPS) is 10.6. The first-order valence-electron chi connectivity index (χ1n) is 6.36. The highest BCUT2D eigenvalue weighted by atomic mass is 16.1. The molecule has 0 aromatic heterocycles. The van der Waals surface area contributed by atoms with E-state index in [1.807, 2.05) is 55.5 Å². The first-order valence-corrected chi connectivity index (χ1v) is 6.36. The first-order chi connectivity index (χ1) is 9.29. The van der Waals surface area contributed by atoms with Crippen LogP contribution in [0.4, 0.5) is 5.69 Å². The van der Waals surface area contributed by atoms with E-state index in [9.17, 15) is 4.79 Å². The van der Waals surface area contributed by atoms with E-state index < -0.39 is 0 Å². The molecule has 19 heavy (non-hydrogen) atoms. The molecule has 0 spiro atoms. The van der Waals surface area contributed by atoms with Crippen LogP contribution in [0, 0.1) is 0 Å². The number of amides is 1. The smallest absolute Gasteiger partial charge is 0.255 e. The molecule has 0 aliphatic heterocycles. The number of carbonyl (C=O) groups excluding carboxylic acids is 1. The van der Waals surface area contributed by atoms with Crippen LogP contribution in [-0.4, -0.2) is 5.91 Å². The highest BCUT2D eigenvalue weighted by Gasteiger charge is 2.04. The minimum absolute atomic E-state index is 0.0817. The quantitative estimate of drug-likeness (QED) is 0.816. The summed E-state index contributed by atoms with van der Waals surface area (Å²) < 4.78 is 0. The van der Waals surface area contributed by atoms with Crippen LogP contribution in [-0.2, 0) is 6.42 Å². The van der Waals surface area contributed by atoms with E-state index in [1.54, 1.807) is 12.1 Å². The molecular formula is C17H17NO. The lowest BCUT2D eigenvalue weighted by Gasteiger charge is -2.06. The molecule has 0 aliphatic rings. The largest absolute Gasteiger partial charge is 0.322 e. The van der Waals surface area contributed by atoms with Gasteiger partial charge in [-0.1, -0.05) is 42.5 Å². The molecule has 96 valence electrons. The molecular weight excluding hydrogens is 234 g/mol. The molecule has 2 rings (SSSR count). The molecule has 0 fully saturated rings. The van der Waals surface area contributed by atoms with Crippen LogP contribution >= 0.6 is 0 Å². The zero-order chi connectivity index (χ0) is 13.5. The molecule has 0 radical (unpaired) electrons. The molecule has 2 heteroatoms. The van der Waals surface area contributed by atoms with Crippen molar-refractivity contribution in [2.24, 2.45) is 0 Å². The van der Waals surface area contributed by atoms with Gasteiger partial charge in [-0.2, -0.15) is 0 Å². The van der Waals surface area contributed by atoms with E-state index in [1.165, 1.54) is 5.56 Å². The van der Waals surface area contributed by atoms with Gasteiger partial charge in [0.1, 0.15) is 0 Å². The van der Waals surface area contributed by atoms with Crippen molar-refractivity contribution >= 4 is 11.6 Å². The van der Waals surface area contributed by atoms with E-state index in [0.717, 1.165) is 12.1 Å². The maximum atomic E-state index is 11.9. The van der Waals surface area contributed by atoms with Crippen molar-refractivity contribution < 1.29 is 4.79 Å². The number of nitrogens with one attached hydrogen (secondary N) is 1. The van der Waals surface area contributed by atoms with Crippen molar-refractivity contribution in [3.8, 4) is 0 Å². The summed E-state index contributed by atoms with van der Waals surface area (Å²) in [6.07, 6.45) is 5.06. The average Bonchev–Trinajstić information content (AvgIpc) is 2.47. The lowest BCUT2D eigenvalue weighted by atomic mass is 10.1. The summed E-state index contributed by atoms with van der Waals surface area (Å²) in [5.41, 5.74) is 2.72. The highest BCUT2D eigenvalue weighted by molar-refractivity contribution is 6.04. The average molecular weight is 251 g/mol. The topological polar surface area (TPSA) is 29.1 Å². The van der Waals surface area contributed by atoms with Crippen LogP contribution < -0.4 is 5.32 Å². The number of hydrogen-bond donors (Lipinski definition) is 1. The minimum atomic E-state index is -0.0817. The second-order valence-corrected chi connectivity index (χ2v) is 4.29. The summed E-state index contributed by atoms with van der Waals surface area (Å²) >= 11 is 0. The van der Waals surface area contributed by atoms with E-state index in [0.29, 0.717) is 5.56 Å². The summed E-state index contributed by atoms with van der Waals surface area (Å²) in [4.78, 5) is 11.9. The van der Waals surface area contributed by atoms with Gasteiger partial charge in [0.05, 0.1) is 0 Å². The van der Waals surface area contributed by atoms with Gasteiger partial charge in [-0.05, 0) is 43.2 Å². The van der Waals surface area contributed by atoms with Gasteiger partial charge < -0.3 is 5.32 Å². The fourth-order valence-electron chi connectivity index (χ4n) is 1.77. The van der Waals surface area contributed by atoms with Gasteiger partial charge in [-0.3, -0.25) is 4.79 Å². The summed E-state index contributed by atoms with van der Waals surface area (Å²) in [7, 11) is 0. The lowest BCUT2D eigenvalue weighted by Crippen LogP contribution is -2.11. The summed E-state index contributed by atoms with van der Waals surface area (Å²) in [5.74, 6) is -0.0817. The van der Waals surface area contributed by atoms with Gasteiger partial charge >= 0.3 is 0 Å². The second kappa shape index (κ2) is 6.55. The molecule has 1 N–H and O–H groups in total. The molecule has 0 heterocycles. The summed E-state index contributed by atoms with van der Waals surface area (Å²) in [6, 6.07) is 17.1. The van der Waals surface area contributed by atoms with Gasteiger partial charge in [0.25, 0.3) is 5.91 Å². The number of hydrogen-bond acceptors (Lipinski definition) is 1. The van der Waals surface area contributed by atoms with Crippen LogP contribution in [0.2, 0.25) is 0 Å². The number of rotatable bonds is 4. The Bertz CT molecular complexity index is 556. The van der Waals surface area contributed by atoms with Crippen LogP contribution in [0.1, 0.15) is 22.8 Å². The first kappa shape index (κ1) is 13.1. The molecule has 0 bridgehead atoms. The van der Waals surface area contributed by atoms with Crippen LogP contribution in [0.25, 0.3) is 0 Å². The van der Waals surface area contributed by atoms with Crippen LogP contribution in [0.3, 0.4) is 0 Å². The predicted octanol–water partition coefficient (Wildman–Crippen LogP) is 4.06. The van der Waals surface area contributed by atoms with Gasteiger partial charge in [0.2, 0.25) is 0 Å². The molecule has 0 aliphatic carbocycles. The van der Waals surface area contributed by atoms with Crippen molar-refractivity contribution in [2.75, 3.05) is 5.32 Å². The van der Waals surface area contributed by atoms with Crippen molar-refractivity contribution in [1.29, 1.82) is 0 Å².